The summed E-state index contributed by atoms with van der Waals surface area (Å²) >= 11 is 0. The largest absolute Gasteiger partial charge is 0.477 e. The van der Waals surface area contributed by atoms with E-state index in [2.05, 4.69) is 4.98 Å². The Morgan fingerprint density at radius 3 is 2.56 bits per heavy atom. The monoisotopic (exact) mass is 234 g/mol. The van der Waals surface area contributed by atoms with Crippen molar-refractivity contribution >= 4 is 0 Å². The van der Waals surface area contributed by atoms with Crippen LogP contribution in [0.1, 0.15) is 24.9 Å². The molecule has 0 aromatic carbocycles. The van der Waals surface area contributed by atoms with Gasteiger partial charge in [-0.2, -0.15) is 13.2 Å². The molecule has 0 amide bonds. The number of hydrogen-bond acceptors (Lipinski definition) is 3. The van der Waals surface area contributed by atoms with Crippen LogP contribution in [0.15, 0.2) is 18.3 Å². The minimum atomic E-state index is -4.20. The molecule has 0 saturated carbocycles. The second kappa shape index (κ2) is 5.16. The molecule has 1 rings (SSSR count). The number of halogens is 3. The Balaban J connectivity index is 2.44. The molecule has 0 spiro atoms. The van der Waals surface area contributed by atoms with Gasteiger partial charge in [0.25, 0.3) is 0 Å². The Bertz CT molecular complexity index is 322. The summed E-state index contributed by atoms with van der Waals surface area (Å²) in [6.07, 6.45) is -3.69. The van der Waals surface area contributed by atoms with E-state index in [1.54, 1.807) is 13.0 Å². The van der Waals surface area contributed by atoms with E-state index in [1.807, 2.05) is 0 Å². The van der Waals surface area contributed by atoms with E-state index >= 15 is 0 Å². The SMILES string of the molecule is C[C@H](N)c1ccc(OCCC(F)(F)F)nc1. The van der Waals surface area contributed by atoms with Gasteiger partial charge in [0.1, 0.15) is 0 Å². The molecular formula is C10H13F3N2O. The minimum absolute atomic E-state index is 0.156. The zero-order valence-electron chi connectivity index (χ0n) is 8.79. The summed E-state index contributed by atoms with van der Waals surface area (Å²) in [5.41, 5.74) is 6.40. The number of rotatable bonds is 4. The van der Waals surface area contributed by atoms with Crippen molar-refractivity contribution in [3.63, 3.8) is 0 Å². The van der Waals surface area contributed by atoms with E-state index in [-0.39, 0.29) is 11.9 Å². The topological polar surface area (TPSA) is 48.1 Å². The predicted molar refractivity (Wildman–Crippen MR) is 53.0 cm³/mol. The highest BCUT2D eigenvalue weighted by atomic mass is 19.4. The summed E-state index contributed by atoms with van der Waals surface area (Å²) in [4.78, 5) is 3.85. The zero-order valence-corrected chi connectivity index (χ0v) is 8.79. The smallest absolute Gasteiger partial charge is 0.392 e. The Morgan fingerprint density at radius 1 is 1.44 bits per heavy atom. The molecule has 0 radical (unpaired) electrons. The molecule has 0 fully saturated rings. The molecule has 0 unspecified atom stereocenters. The summed E-state index contributed by atoms with van der Waals surface area (Å²) in [7, 11) is 0. The number of nitrogens with zero attached hydrogens (tertiary/aromatic N) is 1. The van der Waals surface area contributed by atoms with E-state index in [1.165, 1.54) is 12.3 Å². The molecular weight excluding hydrogens is 221 g/mol. The number of alkyl halides is 3. The lowest BCUT2D eigenvalue weighted by atomic mass is 10.2. The molecule has 2 N–H and O–H groups in total. The maximum absolute atomic E-state index is 11.8. The molecule has 1 atom stereocenters. The quantitative estimate of drug-likeness (QED) is 0.870. The van der Waals surface area contributed by atoms with Crippen molar-refractivity contribution in [3.8, 4) is 5.88 Å². The van der Waals surface area contributed by atoms with Gasteiger partial charge in [-0.25, -0.2) is 4.98 Å². The molecule has 16 heavy (non-hydrogen) atoms. The average Bonchev–Trinajstić information content (AvgIpc) is 2.16. The van der Waals surface area contributed by atoms with E-state index in [9.17, 15) is 13.2 Å². The van der Waals surface area contributed by atoms with Crippen molar-refractivity contribution in [3.05, 3.63) is 23.9 Å². The van der Waals surface area contributed by atoms with E-state index < -0.39 is 19.2 Å². The van der Waals surface area contributed by atoms with Crippen LogP contribution in [0.4, 0.5) is 13.2 Å². The normalized spacial score (nSPS) is 13.6. The number of ether oxygens (including phenoxy) is 1. The maximum Gasteiger partial charge on any atom is 0.392 e. The Hall–Kier alpha value is -1.30. The van der Waals surface area contributed by atoms with Crippen molar-refractivity contribution < 1.29 is 17.9 Å². The fourth-order valence-electron chi connectivity index (χ4n) is 1.02. The van der Waals surface area contributed by atoms with Crippen LogP contribution in [0.2, 0.25) is 0 Å². The van der Waals surface area contributed by atoms with Gasteiger partial charge in [0.05, 0.1) is 13.0 Å². The van der Waals surface area contributed by atoms with E-state index in [0.29, 0.717) is 0 Å². The van der Waals surface area contributed by atoms with Gasteiger partial charge >= 0.3 is 6.18 Å². The first kappa shape index (κ1) is 12.8. The number of hydrogen-bond donors (Lipinski definition) is 1. The Labute approximate surface area is 91.4 Å². The highest BCUT2D eigenvalue weighted by Gasteiger charge is 2.26. The highest BCUT2D eigenvalue weighted by molar-refractivity contribution is 5.19. The van der Waals surface area contributed by atoms with E-state index in [0.717, 1.165) is 5.56 Å². The van der Waals surface area contributed by atoms with Crippen LogP contribution >= 0.6 is 0 Å². The average molecular weight is 234 g/mol. The second-order valence-corrected chi connectivity index (χ2v) is 3.43. The van der Waals surface area contributed by atoms with Crippen molar-refractivity contribution in [1.29, 1.82) is 0 Å². The lowest BCUT2D eigenvalue weighted by molar-refractivity contribution is -0.139. The van der Waals surface area contributed by atoms with Gasteiger partial charge < -0.3 is 10.5 Å². The van der Waals surface area contributed by atoms with E-state index in [4.69, 9.17) is 10.5 Å². The third-order valence-corrected chi connectivity index (χ3v) is 1.92. The maximum atomic E-state index is 11.8. The molecule has 1 aromatic rings. The molecule has 0 bridgehead atoms. The molecule has 6 heteroatoms. The summed E-state index contributed by atoms with van der Waals surface area (Å²) in [5, 5.41) is 0. The van der Waals surface area contributed by atoms with Crippen LogP contribution in [0, 0.1) is 0 Å². The van der Waals surface area contributed by atoms with Crippen LogP contribution < -0.4 is 10.5 Å². The third-order valence-electron chi connectivity index (χ3n) is 1.92. The highest BCUT2D eigenvalue weighted by Crippen LogP contribution is 2.20. The summed E-state index contributed by atoms with van der Waals surface area (Å²) < 4.78 is 40.3. The van der Waals surface area contributed by atoms with Crippen LogP contribution in [-0.2, 0) is 0 Å². The van der Waals surface area contributed by atoms with Gasteiger partial charge in [0, 0.05) is 18.3 Å². The minimum Gasteiger partial charge on any atom is -0.477 e. The number of pyridine rings is 1. The first-order valence-corrected chi connectivity index (χ1v) is 4.79. The van der Waals surface area contributed by atoms with Crippen LogP contribution in [0.5, 0.6) is 5.88 Å². The number of aromatic nitrogens is 1. The fourth-order valence-corrected chi connectivity index (χ4v) is 1.02. The predicted octanol–water partition coefficient (Wildman–Crippen LogP) is 2.43. The van der Waals surface area contributed by atoms with Crippen molar-refractivity contribution in [1.82, 2.24) is 4.98 Å². The van der Waals surface area contributed by atoms with Crippen LogP contribution in [0.3, 0.4) is 0 Å². The lowest BCUT2D eigenvalue weighted by Crippen LogP contribution is -2.13. The first-order chi connectivity index (χ1) is 7.38. The Morgan fingerprint density at radius 2 is 2.12 bits per heavy atom. The molecule has 90 valence electrons. The van der Waals surface area contributed by atoms with Gasteiger partial charge in [-0.15, -0.1) is 0 Å². The second-order valence-electron chi connectivity index (χ2n) is 3.43. The summed E-state index contributed by atoms with van der Waals surface area (Å²) in [6, 6.07) is 3.03. The number of nitrogens with two attached hydrogens (primary N) is 1. The first-order valence-electron chi connectivity index (χ1n) is 4.79. The molecule has 0 aliphatic rings. The lowest BCUT2D eigenvalue weighted by Gasteiger charge is -2.09. The molecule has 1 heterocycles. The van der Waals surface area contributed by atoms with Gasteiger partial charge in [0.2, 0.25) is 5.88 Å². The zero-order chi connectivity index (χ0) is 12.2. The molecule has 0 aliphatic heterocycles. The molecule has 3 nitrogen and oxygen atoms in total. The van der Waals surface area contributed by atoms with Crippen LogP contribution in [-0.4, -0.2) is 17.8 Å². The Kier molecular flexibility index (Phi) is 4.12. The van der Waals surface area contributed by atoms with Gasteiger partial charge in [-0.3, -0.25) is 0 Å². The van der Waals surface area contributed by atoms with Crippen LogP contribution in [0.25, 0.3) is 0 Å². The summed E-state index contributed by atoms with van der Waals surface area (Å²) in [5.74, 6) is 0.175. The standard InChI is InChI=1S/C10H13F3N2O/c1-7(14)8-2-3-9(15-6-8)16-5-4-10(11,12)13/h2-3,6-7H,4-5,14H2,1H3/t7-/m0/s1. The molecule has 0 saturated heterocycles. The van der Waals surface area contributed by atoms with Crippen molar-refractivity contribution in [2.45, 2.75) is 25.6 Å². The third kappa shape index (κ3) is 4.48. The van der Waals surface area contributed by atoms with Gasteiger partial charge in [0.15, 0.2) is 0 Å². The van der Waals surface area contributed by atoms with Gasteiger partial charge in [-0.1, -0.05) is 6.07 Å². The summed E-state index contributed by atoms with van der Waals surface area (Å²) in [6.45, 7) is 1.37. The van der Waals surface area contributed by atoms with Crippen molar-refractivity contribution in [2.75, 3.05) is 6.61 Å². The van der Waals surface area contributed by atoms with Gasteiger partial charge in [-0.05, 0) is 12.5 Å². The molecule has 0 aliphatic carbocycles. The fraction of sp³-hybridized carbons (Fsp3) is 0.500. The van der Waals surface area contributed by atoms with Crippen molar-refractivity contribution in [2.24, 2.45) is 5.73 Å². The molecule has 1 aromatic heterocycles.